The van der Waals surface area contributed by atoms with Crippen molar-refractivity contribution < 1.29 is 24.2 Å². The molecule has 0 aliphatic carbocycles. The minimum atomic E-state index is -1.41. The number of carbonyl (C=O) groups excluding carboxylic acids is 2. The van der Waals surface area contributed by atoms with E-state index in [1.54, 1.807) is 0 Å². The van der Waals surface area contributed by atoms with E-state index in [9.17, 15) is 24.2 Å². The van der Waals surface area contributed by atoms with Crippen molar-refractivity contribution in [1.82, 2.24) is 5.32 Å². The van der Waals surface area contributed by atoms with Crippen LogP contribution in [-0.4, -0.2) is 35.1 Å². The van der Waals surface area contributed by atoms with E-state index in [1.807, 2.05) is 0 Å². The molecule has 0 fully saturated rings. The summed E-state index contributed by atoms with van der Waals surface area (Å²) in [7, 11) is 0. The van der Waals surface area contributed by atoms with Crippen LogP contribution in [0.5, 0.6) is 0 Å². The molecule has 0 aromatic heterocycles. The summed E-state index contributed by atoms with van der Waals surface area (Å²) in [5.74, 6) is -1.00. The number of aliphatic hydroxyl groups excluding tert-OH is 2. The Kier molecular flexibility index (Phi) is 5.59. The summed E-state index contributed by atoms with van der Waals surface area (Å²) in [4.78, 5) is 21.1. The average Bonchev–Trinajstić information content (AvgIpc) is 2.37. The molecule has 3 N–H and O–H groups in total. The van der Waals surface area contributed by atoms with Crippen LogP contribution in [0.3, 0.4) is 0 Å². The minimum Gasteiger partial charge on any atom is -0.390 e. The predicted octanol–water partition coefficient (Wildman–Crippen LogP) is 0.559. The summed E-state index contributed by atoms with van der Waals surface area (Å²) in [6.45, 7) is 1.52. The van der Waals surface area contributed by atoms with E-state index in [1.165, 1.54) is 19.1 Å². The van der Waals surface area contributed by atoms with Crippen molar-refractivity contribution in [3.8, 4) is 0 Å². The highest BCUT2D eigenvalue weighted by Crippen LogP contribution is 2.22. The van der Waals surface area contributed by atoms with Gasteiger partial charge in [0.2, 0.25) is 5.91 Å². The number of benzene rings is 1. The van der Waals surface area contributed by atoms with Gasteiger partial charge in [-0.25, -0.2) is 4.39 Å². The fourth-order valence-corrected chi connectivity index (χ4v) is 1.62. The van der Waals surface area contributed by atoms with Gasteiger partial charge in [0, 0.05) is 24.6 Å². The third-order valence-corrected chi connectivity index (χ3v) is 2.66. The molecule has 0 saturated carbocycles. The SMILES string of the molecule is CC(=O)NCCC(O)C(O)c1ccc(C=O)cc1F. The zero-order valence-corrected chi connectivity index (χ0v) is 10.5. The van der Waals surface area contributed by atoms with E-state index in [-0.39, 0.29) is 30.0 Å². The Morgan fingerprint density at radius 1 is 1.47 bits per heavy atom. The van der Waals surface area contributed by atoms with Gasteiger partial charge < -0.3 is 15.5 Å². The van der Waals surface area contributed by atoms with Gasteiger partial charge >= 0.3 is 0 Å². The summed E-state index contributed by atoms with van der Waals surface area (Å²) in [6.07, 6.45) is -2.03. The van der Waals surface area contributed by atoms with Gasteiger partial charge in [0.25, 0.3) is 0 Å². The molecule has 6 heteroatoms. The summed E-state index contributed by atoms with van der Waals surface area (Å²) >= 11 is 0. The molecule has 19 heavy (non-hydrogen) atoms. The molecule has 1 amide bonds. The smallest absolute Gasteiger partial charge is 0.216 e. The summed E-state index contributed by atoms with van der Waals surface area (Å²) < 4.78 is 13.6. The van der Waals surface area contributed by atoms with Crippen LogP contribution < -0.4 is 5.32 Å². The third-order valence-electron chi connectivity index (χ3n) is 2.66. The quantitative estimate of drug-likeness (QED) is 0.658. The minimum absolute atomic E-state index is 0.0825. The third kappa shape index (κ3) is 4.42. The zero-order chi connectivity index (χ0) is 14.4. The molecule has 0 saturated heterocycles. The largest absolute Gasteiger partial charge is 0.390 e. The van der Waals surface area contributed by atoms with Crippen LogP contribution in [0.15, 0.2) is 18.2 Å². The van der Waals surface area contributed by atoms with Crippen molar-refractivity contribution in [1.29, 1.82) is 0 Å². The Balaban J connectivity index is 2.68. The Morgan fingerprint density at radius 3 is 2.68 bits per heavy atom. The molecule has 0 aliphatic heterocycles. The number of hydrogen-bond donors (Lipinski definition) is 3. The predicted molar refractivity (Wildman–Crippen MR) is 66.1 cm³/mol. The number of hydrogen-bond acceptors (Lipinski definition) is 4. The number of halogens is 1. The highest BCUT2D eigenvalue weighted by molar-refractivity contribution is 5.74. The van der Waals surface area contributed by atoms with Crippen LogP contribution in [0.1, 0.15) is 35.4 Å². The number of nitrogens with one attached hydrogen (secondary N) is 1. The van der Waals surface area contributed by atoms with Crippen molar-refractivity contribution in [3.63, 3.8) is 0 Å². The standard InChI is InChI=1S/C13H16FNO4/c1-8(17)15-5-4-12(18)13(19)10-3-2-9(7-16)6-11(10)14/h2-3,6-7,12-13,18-19H,4-5H2,1H3,(H,15,17). The maximum atomic E-state index is 13.6. The van der Waals surface area contributed by atoms with Crippen molar-refractivity contribution in [2.45, 2.75) is 25.6 Å². The summed E-state index contributed by atoms with van der Waals surface area (Å²) in [6, 6.07) is 3.60. The maximum Gasteiger partial charge on any atom is 0.216 e. The molecular formula is C13H16FNO4. The van der Waals surface area contributed by atoms with E-state index in [2.05, 4.69) is 5.32 Å². The van der Waals surface area contributed by atoms with Crippen LogP contribution in [0, 0.1) is 5.82 Å². The number of aldehydes is 1. The molecule has 0 radical (unpaired) electrons. The van der Waals surface area contributed by atoms with Gasteiger partial charge in [0.05, 0.1) is 6.10 Å². The van der Waals surface area contributed by atoms with Gasteiger partial charge in [-0.15, -0.1) is 0 Å². The second-order valence-corrected chi connectivity index (χ2v) is 4.18. The zero-order valence-electron chi connectivity index (χ0n) is 10.5. The van der Waals surface area contributed by atoms with Gasteiger partial charge in [0.15, 0.2) is 0 Å². The normalized spacial score (nSPS) is 13.7. The Bertz CT molecular complexity index is 464. The lowest BCUT2D eigenvalue weighted by atomic mass is 10.0. The molecule has 0 bridgehead atoms. The van der Waals surface area contributed by atoms with Crippen LogP contribution in [0.4, 0.5) is 4.39 Å². The van der Waals surface area contributed by atoms with Crippen molar-refractivity contribution >= 4 is 12.2 Å². The lowest BCUT2D eigenvalue weighted by Gasteiger charge is -2.18. The van der Waals surface area contributed by atoms with Crippen LogP contribution in [0.25, 0.3) is 0 Å². The highest BCUT2D eigenvalue weighted by atomic mass is 19.1. The van der Waals surface area contributed by atoms with E-state index < -0.39 is 18.0 Å². The fraction of sp³-hybridized carbons (Fsp3) is 0.385. The number of aliphatic hydroxyl groups is 2. The molecule has 2 unspecified atom stereocenters. The highest BCUT2D eigenvalue weighted by Gasteiger charge is 2.21. The summed E-state index contributed by atoms with van der Waals surface area (Å²) in [5, 5.41) is 22.0. The van der Waals surface area contributed by atoms with Crippen LogP contribution in [0.2, 0.25) is 0 Å². The van der Waals surface area contributed by atoms with Crippen LogP contribution in [-0.2, 0) is 4.79 Å². The first-order valence-electron chi connectivity index (χ1n) is 5.81. The fourth-order valence-electron chi connectivity index (χ4n) is 1.62. The first-order chi connectivity index (χ1) is 8.95. The Hall–Kier alpha value is -1.79. The Morgan fingerprint density at radius 2 is 2.16 bits per heavy atom. The molecule has 5 nitrogen and oxygen atoms in total. The second-order valence-electron chi connectivity index (χ2n) is 4.18. The van der Waals surface area contributed by atoms with E-state index in [4.69, 9.17) is 0 Å². The van der Waals surface area contributed by atoms with Gasteiger partial charge in [-0.2, -0.15) is 0 Å². The molecule has 0 aliphatic rings. The first-order valence-corrected chi connectivity index (χ1v) is 5.81. The molecule has 0 heterocycles. The summed E-state index contributed by atoms with van der Waals surface area (Å²) in [5.41, 5.74) is 0.0714. The average molecular weight is 269 g/mol. The van der Waals surface area contributed by atoms with Crippen LogP contribution >= 0.6 is 0 Å². The van der Waals surface area contributed by atoms with Crippen molar-refractivity contribution in [3.05, 3.63) is 35.1 Å². The first kappa shape index (κ1) is 15.3. The van der Waals surface area contributed by atoms with Gasteiger partial charge in [-0.05, 0) is 12.5 Å². The topological polar surface area (TPSA) is 86.6 Å². The van der Waals surface area contributed by atoms with E-state index in [0.29, 0.717) is 6.29 Å². The number of rotatable bonds is 6. The molecule has 1 rings (SSSR count). The van der Waals surface area contributed by atoms with E-state index >= 15 is 0 Å². The monoisotopic (exact) mass is 269 g/mol. The second kappa shape index (κ2) is 6.96. The van der Waals surface area contributed by atoms with Crippen molar-refractivity contribution in [2.24, 2.45) is 0 Å². The number of amides is 1. The van der Waals surface area contributed by atoms with Gasteiger partial charge in [0.1, 0.15) is 18.2 Å². The molecule has 1 aromatic carbocycles. The molecular weight excluding hydrogens is 253 g/mol. The Labute approximate surface area is 110 Å². The lowest BCUT2D eigenvalue weighted by molar-refractivity contribution is -0.119. The molecule has 104 valence electrons. The molecule has 0 spiro atoms. The molecule has 2 atom stereocenters. The van der Waals surface area contributed by atoms with Gasteiger partial charge in [-0.3, -0.25) is 9.59 Å². The van der Waals surface area contributed by atoms with Gasteiger partial charge in [-0.1, -0.05) is 12.1 Å². The van der Waals surface area contributed by atoms with Crippen molar-refractivity contribution in [2.75, 3.05) is 6.54 Å². The maximum absolute atomic E-state index is 13.6. The molecule has 1 aromatic rings. The lowest BCUT2D eigenvalue weighted by Crippen LogP contribution is -2.28. The van der Waals surface area contributed by atoms with E-state index in [0.717, 1.165) is 6.07 Å². The number of carbonyl (C=O) groups is 2.